The van der Waals surface area contributed by atoms with Gasteiger partial charge in [0, 0.05) is 12.5 Å². The molecule has 0 aliphatic rings. The van der Waals surface area contributed by atoms with Gasteiger partial charge in [0.05, 0.1) is 0 Å². The molecule has 5 heteroatoms. The van der Waals surface area contributed by atoms with Crippen molar-refractivity contribution in [3.05, 3.63) is 0 Å². The molecule has 0 saturated heterocycles. The number of hydrogen-bond donors (Lipinski definition) is 0. The zero-order chi connectivity index (χ0) is 16.2. The van der Waals surface area contributed by atoms with Crippen LogP contribution < -0.4 is 0 Å². The Kier molecular flexibility index (Phi) is 19.9. The van der Waals surface area contributed by atoms with E-state index in [4.69, 9.17) is 0 Å². The molecule has 0 unspecified atom stereocenters. The van der Waals surface area contributed by atoms with Crippen LogP contribution >= 0.6 is 6.89 Å². The summed E-state index contributed by atoms with van der Waals surface area (Å²) < 4.78 is 10.1. The summed E-state index contributed by atoms with van der Waals surface area (Å²) in [4.78, 5) is 9.44. The van der Waals surface area contributed by atoms with Crippen LogP contribution in [-0.2, 0) is 14.3 Å². The fourth-order valence-electron chi connectivity index (χ4n) is 0. The molecule has 0 radical (unpaired) electrons. The van der Waals surface area contributed by atoms with Gasteiger partial charge >= 0.3 is 0 Å². The summed E-state index contributed by atoms with van der Waals surface area (Å²) in [5.74, 6) is 3.47. The molecule has 0 fully saturated rings. The van der Waals surface area contributed by atoms with Crippen molar-refractivity contribution in [2.24, 2.45) is 0 Å². The van der Waals surface area contributed by atoms with Gasteiger partial charge in [-0.15, -0.1) is 13.2 Å². The summed E-state index contributed by atoms with van der Waals surface area (Å²) in [6.45, 7) is 16.3. The molecule has 0 bridgehead atoms. The molecule has 0 heterocycles. The lowest BCUT2D eigenvalue weighted by atomic mass is 9.58. The number of hydrogen-bond acceptors (Lipinski definition) is 2. The molecule has 112 valence electrons. The maximum Gasteiger partial charge on any atom is 0.130 e. The van der Waals surface area contributed by atoms with Gasteiger partial charge in [0.15, 0.2) is 0 Å². The summed E-state index contributed by atoms with van der Waals surface area (Å²) in [6.07, 6.45) is 7.09. The zero-order valence-corrected chi connectivity index (χ0v) is 15.9. The topological polar surface area (TPSA) is 34.1 Å². The summed E-state index contributed by atoms with van der Waals surface area (Å²) in [5, 5.41) is 0. The summed E-state index contributed by atoms with van der Waals surface area (Å²) in [6, 6.07) is 0. The Bertz CT molecular complexity index is 304. The minimum Gasteiger partial charge on any atom is -0.300 e. The molecule has 0 spiro atoms. The van der Waals surface area contributed by atoms with Crippen molar-refractivity contribution in [2.45, 2.75) is 34.3 Å². The van der Waals surface area contributed by atoms with E-state index in [0.717, 1.165) is 6.71 Å². The van der Waals surface area contributed by atoms with Crippen LogP contribution in [0.15, 0.2) is 0 Å². The van der Waals surface area contributed by atoms with Crippen molar-refractivity contribution in [1.29, 1.82) is 0 Å². The molecule has 0 rings (SSSR count). The molecule has 0 aromatic heterocycles. The third-order valence-electron chi connectivity index (χ3n) is 0. The lowest BCUT2D eigenvalue weighted by molar-refractivity contribution is -0.114. The monoisotopic (exact) mass is 296 g/mol. The molecule has 0 atom stereocenters. The summed E-state index contributed by atoms with van der Waals surface area (Å²) in [7, 11) is -1.67. The van der Waals surface area contributed by atoms with E-state index in [2.05, 4.69) is 52.6 Å². The number of ketones is 1. The summed E-state index contributed by atoms with van der Waals surface area (Å²) >= 11 is 0. The van der Waals surface area contributed by atoms with Gasteiger partial charge in [-0.05, 0) is 49.2 Å². The van der Waals surface area contributed by atoms with E-state index in [1.165, 1.54) is 13.8 Å². The van der Waals surface area contributed by atoms with Crippen LogP contribution in [0, 0.1) is 0 Å². The lowest BCUT2D eigenvalue weighted by Gasteiger charge is -1.96. The molecule has 0 saturated carbocycles. The highest BCUT2D eigenvalue weighted by molar-refractivity contribution is 7.98. The van der Waals surface area contributed by atoms with Crippen molar-refractivity contribution in [2.75, 3.05) is 32.5 Å². The standard InChI is InChI=1S/C4H11P.C3H9B.C3H8OS.C3H6O/c1-5(2,3)4;1-4(2)3;1-5(2,3)4;1-3(2)4/h1H2,2-4H3;1-3H3;1H2,2-3H3;1-2H3. The third kappa shape index (κ3) is 1210000. The molecule has 0 amide bonds. The molecule has 0 N–H and O–H groups in total. The van der Waals surface area contributed by atoms with E-state index in [-0.39, 0.29) is 5.78 Å². The Labute approximate surface area is 117 Å². The van der Waals surface area contributed by atoms with Gasteiger partial charge in [-0.2, -0.15) is 0 Å². The SMILES string of the molecule is C=P(C)(C)C.C=S(C)(C)=O.CB(C)C.CC(C)=O. The van der Waals surface area contributed by atoms with Crippen LogP contribution in [0.3, 0.4) is 0 Å². The van der Waals surface area contributed by atoms with Crippen LogP contribution in [0.2, 0.25) is 20.5 Å². The Balaban J connectivity index is -0.0000000731. The minimum absolute atomic E-state index is 0.167. The van der Waals surface area contributed by atoms with Crippen molar-refractivity contribution in [3.63, 3.8) is 0 Å². The number of rotatable bonds is 0. The van der Waals surface area contributed by atoms with Crippen molar-refractivity contribution in [3.8, 4) is 0 Å². The highest BCUT2D eigenvalue weighted by Crippen LogP contribution is 2.27. The van der Waals surface area contributed by atoms with Crippen LogP contribution in [0.1, 0.15) is 13.8 Å². The van der Waals surface area contributed by atoms with Crippen LogP contribution in [0.4, 0.5) is 0 Å². The zero-order valence-electron chi connectivity index (χ0n) is 14.2. The van der Waals surface area contributed by atoms with Gasteiger partial charge in [-0.3, -0.25) is 4.21 Å². The number of carbonyl (C=O) groups excluding carboxylic acids is 1. The first-order valence-corrected chi connectivity index (χ1v) is 11.7. The molecule has 0 aromatic carbocycles. The largest absolute Gasteiger partial charge is 0.300 e. The molecular formula is C13H34BO2PS. The van der Waals surface area contributed by atoms with Gasteiger partial charge in [0.1, 0.15) is 12.5 Å². The average Bonchev–Trinajstić information content (AvgIpc) is 1.70. The van der Waals surface area contributed by atoms with Gasteiger partial charge in [0.2, 0.25) is 0 Å². The smallest absolute Gasteiger partial charge is 0.130 e. The minimum atomic E-state index is -1.67. The Morgan fingerprint density at radius 2 is 1.06 bits per heavy atom. The van der Waals surface area contributed by atoms with E-state index in [1.54, 1.807) is 12.5 Å². The van der Waals surface area contributed by atoms with Crippen LogP contribution in [0.25, 0.3) is 0 Å². The molecule has 0 aromatic rings. The van der Waals surface area contributed by atoms with E-state index < -0.39 is 16.4 Å². The normalized spacial score (nSPS) is 9.44. The van der Waals surface area contributed by atoms with Gasteiger partial charge < -0.3 is 4.79 Å². The predicted octanol–water partition coefficient (Wildman–Crippen LogP) is 3.25. The van der Waals surface area contributed by atoms with Crippen LogP contribution in [0.5, 0.6) is 0 Å². The second kappa shape index (κ2) is 13.5. The fourth-order valence-corrected chi connectivity index (χ4v) is 0. The van der Waals surface area contributed by atoms with Gasteiger partial charge in [0.25, 0.3) is 0 Å². The maximum absolute atomic E-state index is 10.1. The molecule has 0 aliphatic carbocycles. The van der Waals surface area contributed by atoms with Crippen molar-refractivity contribution < 1.29 is 9.00 Å². The number of Topliss-reactive ketones (excluding diaryl/α,β-unsaturated/α-hetero) is 1. The molecule has 18 heavy (non-hydrogen) atoms. The maximum atomic E-state index is 10.1. The Morgan fingerprint density at radius 3 is 1.06 bits per heavy atom. The Morgan fingerprint density at radius 1 is 1.06 bits per heavy atom. The Hall–Kier alpha value is 0.0549. The fraction of sp³-hybridized carbons (Fsp3) is 0.769. The van der Waals surface area contributed by atoms with E-state index in [0.29, 0.717) is 0 Å². The van der Waals surface area contributed by atoms with Crippen molar-refractivity contribution >= 4 is 41.1 Å². The second-order valence-corrected chi connectivity index (χ2v) is 13.8. The molecule has 0 aliphatic heterocycles. The van der Waals surface area contributed by atoms with E-state index >= 15 is 0 Å². The quantitative estimate of drug-likeness (QED) is 0.390. The van der Waals surface area contributed by atoms with Gasteiger partial charge in [-0.25, -0.2) is 0 Å². The third-order valence-corrected chi connectivity index (χ3v) is 0. The molecular weight excluding hydrogens is 262 g/mol. The highest BCUT2D eigenvalue weighted by Gasteiger charge is 1.79. The lowest BCUT2D eigenvalue weighted by Crippen LogP contribution is -1.86. The van der Waals surface area contributed by atoms with Gasteiger partial charge in [-0.1, -0.05) is 20.5 Å². The van der Waals surface area contributed by atoms with E-state index in [1.807, 2.05) is 0 Å². The summed E-state index contributed by atoms with van der Waals surface area (Å²) in [5.41, 5.74) is 0. The second-order valence-electron chi connectivity index (χ2n) is 6.37. The number of carbonyl (C=O) groups is 1. The first-order chi connectivity index (χ1) is 7.46. The van der Waals surface area contributed by atoms with Crippen LogP contribution in [-0.4, -0.2) is 61.4 Å². The predicted molar refractivity (Wildman–Crippen MR) is 98.6 cm³/mol. The highest BCUT2D eigenvalue weighted by atomic mass is 32.2. The first-order valence-electron chi connectivity index (χ1n) is 5.87. The van der Waals surface area contributed by atoms with E-state index in [9.17, 15) is 9.00 Å². The first kappa shape index (κ1) is 26.6. The van der Waals surface area contributed by atoms with Crippen molar-refractivity contribution in [1.82, 2.24) is 0 Å². The molecule has 2 nitrogen and oxygen atoms in total. The average molecular weight is 296 g/mol.